The van der Waals surface area contributed by atoms with Gasteiger partial charge in [0.25, 0.3) is 0 Å². The number of amides is 1. The lowest BCUT2D eigenvalue weighted by molar-refractivity contribution is -0.274. The molecule has 1 aromatic carbocycles. The number of nitrogens with two attached hydrogens (primary N) is 1. The van der Waals surface area contributed by atoms with Gasteiger partial charge < -0.3 is 15.4 Å². The Balaban J connectivity index is 2.16. The number of hydrogen-bond donors (Lipinski definition) is 1. The van der Waals surface area contributed by atoms with Crippen molar-refractivity contribution in [2.45, 2.75) is 19.7 Å². The first kappa shape index (κ1) is 17.5. The van der Waals surface area contributed by atoms with Gasteiger partial charge in [-0.2, -0.15) is 0 Å². The van der Waals surface area contributed by atoms with Crippen LogP contribution in [0, 0.1) is 5.92 Å². The highest BCUT2D eigenvalue weighted by atomic mass is 32.2. The minimum atomic E-state index is -4.82. The predicted octanol–water partition coefficient (Wildman–Crippen LogP) is 2.80. The molecule has 1 heterocycles. The molecule has 5 nitrogen and oxygen atoms in total. The van der Waals surface area contributed by atoms with Crippen LogP contribution in [0.3, 0.4) is 0 Å². The maximum atomic E-state index is 12.3. The summed E-state index contributed by atoms with van der Waals surface area (Å²) >= 11 is 1.12. The maximum Gasteiger partial charge on any atom is 0.573 e. The van der Waals surface area contributed by atoms with Crippen LogP contribution in [0.15, 0.2) is 18.2 Å². The van der Waals surface area contributed by atoms with Crippen LogP contribution in [-0.2, 0) is 9.59 Å². The Bertz CT molecular complexity index is 622. The summed E-state index contributed by atoms with van der Waals surface area (Å²) in [5.41, 5.74) is 6.15. The minimum absolute atomic E-state index is 0.0454. The van der Waals surface area contributed by atoms with Gasteiger partial charge in [0.05, 0.1) is 11.4 Å². The molecular formula is C14H15F3N2O3S. The lowest BCUT2D eigenvalue weighted by Gasteiger charge is -2.20. The van der Waals surface area contributed by atoms with Crippen molar-refractivity contribution in [1.29, 1.82) is 0 Å². The fourth-order valence-corrected chi connectivity index (χ4v) is 3.01. The molecule has 126 valence electrons. The van der Waals surface area contributed by atoms with E-state index in [2.05, 4.69) is 4.74 Å². The summed E-state index contributed by atoms with van der Waals surface area (Å²) in [4.78, 5) is 24.4. The molecule has 2 N–H and O–H groups in total. The number of ether oxygens (including phenoxy) is 1. The minimum Gasteiger partial charge on any atom is -0.406 e. The van der Waals surface area contributed by atoms with Gasteiger partial charge in [-0.3, -0.25) is 9.59 Å². The van der Waals surface area contributed by atoms with Gasteiger partial charge in [-0.25, -0.2) is 0 Å². The summed E-state index contributed by atoms with van der Waals surface area (Å²) in [6, 6.07) is 3.46. The molecule has 1 aliphatic rings. The number of anilines is 2. The van der Waals surface area contributed by atoms with Gasteiger partial charge in [0.15, 0.2) is 5.12 Å². The molecule has 0 spiro atoms. The Morgan fingerprint density at radius 3 is 2.78 bits per heavy atom. The van der Waals surface area contributed by atoms with Crippen LogP contribution in [0.1, 0.15) is 13.3 Å². The number of carbonyl (C=O) groups excluding carboxylic acids is 2. The topological polar surface area (TPSA) is 72.6 Å². The summed E-state index contributed by atoms with van der Waals surface area (Å²) in [6.07, 6.45) is -4.59. The van der Waals surface area contributed by atoms with Crippen molar-refractivity contribution < 1.29 is 27.5 Å². The van der Waals surface area contributed by atoms with E-state index in [1.807, 2.05) is 0 Å². The lowest BCUT2D eigenvalue weighted by atomic mass is 10.1. The zero-order valence-electron chi connectivity index (χ0n) is 12.2. The van der Waals surface area contributed by atoms with E-state index < -0.39 is 12.1 Å². The summed E-state index contributed by atoms with van der Waals surface area (Å²) in [6.45, 7) is 1.74. The van der Waals surface area contributed by atoms with Gasteiger partial charge in [-0.05, 0) is 18.1 Å². The molecule has 23 heavy (non-hydrogen) atoms. The molecule has 0 bridgehead atoms. The van der Waals surface area contributed by atoms with E-state index in [9.17, 15) is 22.8 Å². The van der Waals surface area contributed by atoms with Crippen LogP contribution in [0.5, 0.6) is 5.75 Å². The Morgan fingerprint density at radius 1 is 1.48 bits per heavy atom. The highest BCUT2D eigenvalue weighted by Crippen LogP contribution is 2.35. The molecule has 1 fully saturated rings. The number of benzene rings is 1. The second-order valence-corrected chi connectivity index (χ2v) is 6.34. The molecule has 1 amide bonds. The number of halogens is 3. The number of nitrogen functional groups attached to an aromatic ring is 1. The zero-order chi connectivity index (χ0) is 17.2. The molecule has 9 heteroatoms. The van der Waals surface area contributed by atoms with Crippen molar-refractivity contribution >= 4 is 34.2 Å². The first-order chi connectivity index (χ1) is 10.7. The van der Waals surface area contributed by atoms with Crippen LogP contribution < -0.4 is 15.4 Å². The number of nitrogens with zero attached hydrogens (tertiary/aromatic N) is 1. The van der Waals surface area contributed by atoms with Gasteiger partial charge in [0.1, 0.15) is 5.75 Å². The van der Waals surface area contributed by atoms with Crippen molar-refractivity contribution in [3.05, 3.63) is 18.2 Å². The molecule has 1 atom stereocenters. The number of hydrogen-bond acceptors (Lipinski definition) is 5. The quantitative estimate of drug-likeness (QED) is 0.847. The Labute approximate surface area is 135 Å². The molecule has 0 aliphatic carbocycles. The molecular weight excluding hydrogens is 333 g/mol. The molecule has 0 aromatic heterocycles. The first-order valence-corrected chi connectivity index (χ1v) is 7.73. The number of alkyl halides is 3. The van der Waals surface area contributed by atoms with Gasteiger partial charge in [0, 0.05) is 31.7 Å². The Morgan fingerprint density at radius 2 is 2.17 bits per heavy atom. The summed E-state index contributed by atoms with van der Waals surface area (Å²) in [5, 5.41) is -0.0454. The monoisotopic (exact) mass is 348 g/mol. The normalized spacial score (nSPS) is 18.3. The van der Waals surface area contributed by atoms with Crippen LogP contribution >= 0.6 is 11.8 Å². The van der Waals surface area contributed by atoms with Crippen molar-refractivity contribution in [2.75, 3.05) is 22.9 Å². The Kier molecular flexibility index (Phi) is 5.08. The first-order valence-electron chi connectivity index (χ1n) is 6.74. The van der Waals surface area contributed by atoms with E-state index in [1.54, 1.807) is 0 Å². The van der Waals surface area contributed by atoms with Crippen molar-refractivity contribution in [3.8, 4) is 5.75 Å². The van der Waals surface area contributed by atoms with Crippen LogP contribution in [-0.4, -0.2) is 29.7 Å². The van der Waals surface area contributed by atoms with Gasteiger partial charge in [0.2, 0.25) is 5.91 Å². The van der Waals surface area contributed by atoms with Crippen LogP contribution in [0.2, 0.25) is 0 Å². The highest BCUT2D eigenvalue weighted by Gasteiger charge is 2.34. The van der Waals surface area contributed by atoms with Gasteiger partial charge in [-0.15, -0.1) is 13.2 Å². The van der Waals surface area contributed by atoms with E-state index >= 15 is 0 Å². The van der Waals surface area contributed by atoms with Crippen molar-refractivity contribution in [2.24, 2.45) is 5.92 Å². The second kappa shape index (κ2) is 6.69. The molecule has 1 unspecified atom stereocenters. The maximum absolute atomic E-state index is 12.3. The average molecular weight is 348 g/mol. The highest BCUT2D eigenvalue weighted by molar-refractivity contribution is 8.13. The van der Waals surface area contributed by atoms with E-state index in [4.69, 9.17) is 5.73 Å². The summed E-state index contributed by atoms with van der Waals surface area (Å²) in [7, 11) is 0. The predicted molar refractivity (Wildman–Crippen MR) is 81.1 cm³/mol. The number of thioether (sulfide) groups is 1. The molecule has 2 rings (SSSR count). The largest absolute Gasteiger partial charge is 0.573 e. The zero-order valence-corrected chi connectivity index (χ0v) is 13.0. The molecule has 1 saturated heterocycles. The van der Waals surface area contributed by atoms with Gasteiger partial charge in [-0.1, -0.05) is 11.8 Å². The van der Waals surface area contributed by atoms with Crippen molar-refractivity contribution in [3.63, 3.8) is 0 Å². The summed E-state index contributed by atoms with van der Waals surface area (Å²) < 4.78 is 40.7. The molecule has 0 saturated carbocycles. The Hall–Kier alpha value is -1.90. The third-order valence-corrected chi connectivity index (χ3v) is 4.30. The van der Waals surface area contributed by atoms with E-state index in [0.717, 1.165) is 23.9 Å². The van der Waals surface area contributed by atoms with Crippen molar-refractivity contribution in [1.82, 2.24) is 0 Å². The number of rotatable bonds is 4. The smallest absolute Gasteiger partial charge is 0.406 e. The van der Waals surface area contributed by atoms with E-state index in [1.165, 1.54) is 17.9 Å². The van der Waals surface area contributed by atoms with E-state index in [0.29, 0.717) is 12.3 Å². The van der Waals surface area contributed by atoms with Gasteiger partial charge >= 0.3 is 6.36 Å². The van der Waals surface area contributed by atoms with E-state index in [-0.39, 0.29) is 34.7 Å². The van der Waals surface area contributed by atoms with Crippen LogP contribution in [0.25, 0.3) is 0 Å². The SMILES string of the molecule is CC(=O)SCC1CC(=O)N(c2cc(OC(F)(F)F)ccc2N)C1. The van der Waals surface area contributed by atoms with Crippen LogP contribution in [0.4, 0.5) is 24.5 Å². The average Bonchev–Trinajstić information content (AvgIpc) is 2.78. The third-order valence-electron chi connectivity index (χ3n) is 3.25. The third kappa shape index (κ3) is 4.78. The second-order valence-electron chi connectivity index (χ2n) is 5.15. The molecule has 1 aliphatic heterocycles. The molecule has 0 radical (unpaired) electrons. The standard InChI is InChI=1S/C14H15F3N2O3S/c1-8(20)23-7-9-4-13(21)19(6-9)12-5-10(2-3-11(12)18)22-14(15,16)17/h2-3,5,9H,4,6-7,18H2,1H3. The summed E-state index contributed by atoms with van der Waals surface area (Å²) in [5.74, 6) is -0.245. The number of carbonyl (C=O) groups is 2. The fraction of sp³-hybridized carbons (Fsp3) is 0.429. The lowest BCUT2D eigenvalue weighted by Crippen LogP contribution is -2.26. The molecule has 1 aromatic rings. The fourth-order valence-electron chi connectivity index (χ4n) is 2.32.